The molecule has 0 aliphatic carbocycles. The summed E-state index contributed by atoms with van der Waals surface area (Å²) in [6.45, 7) is 7.78. The minimum atomic E-state index is -0.0352. The molecule has 2 nitrogen and oxygen atoms in total. The second-order valence-corrected chi connectivity index (χ2v) is 4.86. The van der Waals surface area contributed by atoms with Gasteiger partial charge in [0.1, 0.15) is 5.44 Å². The van der Waals surface area contributed by atoms with Gasteiger partial charge in [0, 0.05) is 5.75 Å². The highest BCUT2D eigenvalue weighted by molar-refractivity contribution is 8.00. The Morgan fingerprint density at radius 2 is 2.27 bits per heavy atom. The van der Waals surface area contributed by atoms with Crippen LogP contribution in [0.3, 0.4) is 0 Å². The summed E-state index contributed by atoms with van der Waals surface area (Å²) in [6.07, 6.45) is 0. The van der Waals surface area contributed by atoms with Crippen LogP contribution >= 0.6 is 11.8 Å². The van der Waals surface area contributed by atoms with Crippen LogP contribution in [0.2, 0.25) is 0 Å². The molecule has 1 aliphatic rings. The molecule has 0 aromatic rings. The fourth-order valence-corrected chi connectivity index (χ4v) is 1.63. The minimum Gasteiger partial charge on any atom is -0.372 e. The molecule has 0 bridgehead atoms. The average molecular weight is 176 g/mol. The Bertz CT molecular complexity index is 114. The molecule has 0 amide bonds. The van der Waals surface area contributed by atoms with E-state index in [-0.39, 0.29) is 11.0 Å². The van der Waals surface area contributed by atoms with Gasteiger partial charge in [0.15, 0.2) is 0 Å². The summed E-state index contributed by atoms with van der Waals surface area (Å²) in [5, 5.41) is 0. The Balaban J connectivity index is 2.11. The summed E-state index contributed by atoms with van der Waals surface area (Å²) < 4.78 is 11.0. The number of hydrogen-bond acceptors (Lipinski definition) is 3. The van der Waals surface area contributed by atoms with Crippen LogP contribution in [-0.4, -0.2) is 30.0 Å². The van der Waals surface area contributed by atoms with Crippen molar-refractivity contribution in [3.63, 3.8) is 0 Å². The Morgan fingerprint density at radius 3 is 2.73 bits per heavy atom. The van der Waals surface area contributed by atoms with E-state index in [2.05, 4.69) is 20.8 Å². The van der Waals surface area contributed by atoms with Crippen LogP contribution in [0.5, 0.6) is 0 Å². The standard InChI is InChI=1S/C8H16O2S/c1-8(2,3)10-6-7-9-4-5-11-7/h7H,4-6H2,1-3H3. The van der Waals surface area contributed by atoms with E-state index in [1.165, 1.54) is 0 Å². The van der Waals surface area contributed by atoms with Crippen LogP contribution in [0.15, 0.2) is 0 Å². The maximum Gasteiger partial charge on any atom is 0.126 e. The lowest BCUT2D eigenvalue weighted by molar-refractivity contribution is -0.0390. The number of rotatable bonds is 2. The van der Waals surface area contributed by atoms with Crippen molar-refractivity contribution in [2.45, 2.75) is 31.8 Å². The Morgan fingerprint density at radius 1 is 1.55 bits per heavy atom. The second-order valence-electron chi connectivity index (χ2n) is 3.59. The molecule has 0 radical (unpaired) electrons. The zero-order valence-corrected chi connectivity index (χ0v) is 8.24. The molecule has 0 spiro atoms. The molecule has 66 valence electrons. The van der Waals surface area contributed by atoms with Crippen molar-refractivity contribution in [1.82, 2.24) is 0 Å². The average Bonchev–Trinajstić information content (AvgIpc) is 2.32. The molecule has 1 atom stereocenters. The predicted molar refractivity (Wildman–Crippen MR) is 47.9 cm³/mol. The second kappa shape index (κ2) is 3.78. The first kappa shape index (κ1) is 9.36. The summed E-state index contributed by atoms with van der Waals surface area (Å²) in [6, 6.07) is 0. The van der Waals surface area contributed by atoms with Crippen molar-refractivity contribution in [1.29, 1.82) is 0 Å². The smallest absolute Gasteiger partial charge is 0.126 e. The van der Waals surface area contributed by atoms with Crippen molar-refractivity contribution in [3.8, 4) is 0 Å². The maximum absolute atomic E-state index is 5.57. The largest absolute Gasteiger partial charge is 0.372 e. The third-order valence-electron chi connectivity index (χ3n) is 1.34. The van der Waals surface area contributed by atoms with E-state index >= 15 is 0 Å². The molecule has 0 aromatic carbocycles. The molecule has 0 saturated carbocycles. The number of ether oxygens (including phenoxy) is 2. The van der Waals surface area contributed by atoms with Gasteiger partial charge < -0.3 is 9.47 Å². The van der Waals surface area contributed by atoms with E-state index in [4.69, 9.17) is 9.47 Å². The van der Waals surface area contributed by atoms with E-state index in [1.54, 1.807) is 0 Å². The van der Waals surface area contributed by atoms with Gasteiger partial charge in [0.25, 0.3) is 0 Å². The van der Waals surface area contributed by atoms with Crippen molar-refractivity contribution < 1.29 is 9.47 Å². The fraction of sp³-hybridized carbons (Fsp3) is 1.00. The van der Waals surface area contributed by atoms with E-state index in [9.17, 15) is 0 Å². The van der Waals surface area contributed by atoms with Crippen molar-refractivity contribution in [2.24, 2.45) is 0 Å². The summed E-state index contributed by atoms with van der Waals surface area (Å²) in [7, 11) is 0. The van der Waals surface area contributed by atoms with E-state index < -0.39 is 0 Å². The first-order chi connectivity index (χ1) is 5.08. The van der Waals surface area contributed by atoms with E-state index in [0.717, 1.165) is 12.4 Å². The monoisotopic (exact) mass is 176 g/mol. The zero-order valence-electron chi connectivity index (χ0n) is 7.42. The SMILES string of the molecule is CC(C)(C)OCC1OCCS1. The van der Waals surface area contributed by atoms with E-state index in [0.29, 0.717) is 6.61 Å². The van der Waals surface area contributed by atoms with Crippen molar-refractivity contribution >= 4 is 11.8 Å². The highest BCUT2D eigenvalue weighted by Crippen LogP contribution is 2.21. The molecule has 1 unspecified atom stereocenters. The summed E-state index contributed by atoms with van der Waals surface area (Å²) in [5.74, 6) is 1.11. The van der Waals surface area contributed by atoms with Gasteiger partial charge in [-0.3, -0.25) is 0 Å². The molecule has 0 N–H and O–H groups in total. The van der Waals surface area contributed by atoms with Gasteiger partial charge in [-0.1, -0.05) is 0 Å². The van der Waals surface area contributed by atoms with Gasteiger partial charge >= 0.3 is 0 Å². The molecular formula is C8H16O2S. The van der Waals surface area contributed by atoms with Crippen LogP contribution in [0.1, 0.15) is 20.8 Å². The molecular weight excluding hydrogens is 160 g/mol. The number of hydrogen-bond donors (Lipinski definition) is 0. The van der Waals surface area contributed by atoms with Gasteiger partial charge in [0.2, 0.25) is 0 Å². The molecule has 11 heavy (non-hydrogen) atoms. The van der Waals surface area contributed by atoms with Gasteiger partial charge in [-0.25, -0.2) is 0 Å². The molecule has 1 rings (SSSR count). The van der Waals surface area contributed by atoms with Crippen LogP contribution in [0.4, 0.5) is 0 Å². The predicted octanol–water partition coefficient (Wildman–Crippen LogP) is 1.89. The summed E-state index contributed by atoms with van der Waals surface area (Å²) in [5.41, 5.74) is 0.237. The third kappa shape index (κ3) is 3.99. The van der Waals surface area contributed by atoms with Crippen LogP contribution in [0, 0.1) is 0 Å². The lowest BCUT2D eigenvalue weighted by Gasteiger charge is -2.21. The zero-order chi connectivity index (χ0) is 8.32. The third-order valence-corrected chi connectivity index (χ3v) is 2.39. The molecule has 0 aromatic heterocycles. The van der Waals surface area contributed by atoms with Crippen LogP contribution < -0.4 is 0 Å². The van der Waals surface area contributed by atoms with Crippen LogP contribution in [0.25, 0.3) is 0 Å². The Hall–Kier alpha value is 0.270. The molecule has 1 heterocycles. The number of thioether (sulfide) groups is 1. The summed E-state index contributed by atoms with van der Waals surface area (Å²) >= 11 is 1.84. The maximum atomic E-state index is 5.57. The fourth-order valence-electron chi connectivity index (χ4n) is 0.821. The van der Waals surface area contributed by atoms with Gasteiger partial charge in [-0.15, -0.1) is 11.8 Å². The van der Waals surface area contributed by atoms with Crippen molar-refractivity contribution in [3.05, 3.63) is 0 Å². The normalized spacial score (nSPS) is 25.9. The topological polar surface area (TPSA) is 18.5 Å². The first-order valence-corrected chi connectivity index (χ1v) is 5.00. The highest BCUT2D eigenvalue weighted by Gasteiger charge is 2.19. The van der Waals surface area contributed by atoms with Gasteiger partial charge in [0.05, 0.1) is 18.8 Å². The Labute approximate surface area is 72.6 Å². The van der Waals surface area contributed by atoms with Crippen LogP contribution in [-0.2, 0) is 9.47 Å². The quantitative estimate of drug-likeness (QED) is 0.640. The first-order valence-electron chi connectivity index (χ1n) is 3.95. The highest BCUT2D eigenvalue weighted by atomic mass is 32.2. The molecule has 3 heteroatoms. The minimum absolute atomic E-state index is 0.0352. The van der Waals surface area contributed by atoms with Gasteiger partial charge in [-0.05, 0) is 20.8 Å². The van der Waals surface area contributed by atoms with E-state index in [1.807, 2.05) is 11.8 Å². The lowest BCUT2D eigenvalue weighted by atomic mass is 10.2. The molecule has 1 saturated heterocycles. The molecule has 1 fully saturated rings. The van der Waals surface area contributed by atoms with Crippen molar-refractivity contribution in [2.75, 3.05) is 19.0 Å². The summed E-state index contributed by atoms with van der Waals surface area (Å²) in [4.78, 5) is 0. The lowest BCUT2D eigenvalue weighted by Crippen LogP contribution is -2.24. The molecule has 1 aliphatic heterocycles. The Kier molecular flexibility index (Phi) is 3.22. The van der Waals surface area contributed by atoms with Gasteiger partial charge in [-0.2, -0.15) is 0 Å².